The van der Waals surface area contributed by atoms with E-state index in [1.807, 2.05) is 25.3 Å². The number of aliphatic hydroxyl groups is 1. The van der Waals surface area contributed by atoms with Crippen LogP contribution in [0.3, 0.4) is 0 Å². The molecule has 2 heterocycles. The minimum Gasteiger partial charge on any atom is -0.393 e. The average molecular weight is 260 g/mol. The number of nitrogens with one attached hydrogen (secondary N) is 1. The molecule has 5 nitrogen and oxygen atoms in total. The van der Waals surface area contributed by atoms with Crippen molar-refractivity contribution in [2.75, 3.05) is 11.9 Å². The zero-order valence-electron chi connectivity index (χ0n) is 11.2. The van der Waals surface area contributed by atoms with Crippen molar-refractivity contribution < 1.29 is 5.11 Å². The first-order valence-corrected chi connectivity index (χ1v) is 6.98. The summed E-state index contributed by atoms with van der Waals surface area (Å²) in [5.41, 5.74) is 2.00. The van der Waals surface area contributed by atoms with E-state index in [0.717, 1.165) is 37.0 Å². The third-order valence-electron chi connectivity index (χ3n) is 3.95. The zero-order chi connectivity index (χ0) is 13.2. The van der Waals surface area contributed by atoms with Crippen LogP contribution in [0.15, 0.2) is 18.3 Å². The first-order valence-electron chi connectivity index (χ1n) is 6.98. The summed E-state index contributed by atoms with van der Waals surface area (Å²) in [5, 5.41) is 17.6. The number of aliphatic hydroxyl groups excluding tert-OH is 1. The molecule has 0 bridgehead atoms. The van der Waals surface area contributed by atoms with E-state index >= 15 is 0 Å². The predicted octanol–water partition coefficient (Wildman–Crippen LogP) is 2.00. The molecule has 2 aromatic rings. The number of rotatable bonds is 3. The maximum atomic E-state index is 9.94. The predicted molar refractivity (Wildman–Crippen MR) is 74.2 cm³/mol. The molecule has 0 amide bonds. The van der Waals surface area contributed by atoms with E-state index in [1.54, 1.807) is 4.52 Å². The third kappa shape index (κ3) is 2.56. The third-order valence-corrected chi connectivity index (χ3v) is 3.95. The largest absolute Gasteiger partial charge is 0.393 e. The van der Waals surface area contributed by atoms with E-state index in [2.05, 4.69) is 15.4 Å². The second-order valence-corrected chi connectivity index (χ2v) is 5.39. The Morgan fingerprint density at radius 1 is 1.42 bits per heavy atom. The Hall–Kier alpha value is -1.62. The lowest BCUT2D eigenvalue weighted by Gasteiger charge is -2.27. The van der Waals surface area contributed by atoms with Gasteiger partial charge in [-0.25, -0.2) is 4.52 Å². The molecular weight excluding hydrogens is 240 g/mol. The van der Waals surface area contributed by atoms with Gasteiger partial charge >= 0.3 is 0 Å². The van der Waals surface area contributed by atoms with Gasteiger partial charge in [0.05, 0.1) is 6.10 Å². The van der Waals surface area contributed by atoms with Crippen LogP contribution in [0.4, 0.5) is 5.95 Å². The molecule has 0 aliphatic heterocycles. The van der Waals surface area contributed by atoms with E-state index in [4.69, 9.17) is 0 Å². The molecule has 0 aromatic carbocycles. The molecule has 19 heavy (non-hydrogen) atoms. The van der Waals surface area contributed by atoms with Gasteiger partial charge in [-0.05, 0) is 31.4 Å². The van der Waals surface area contributed by atoms with Gasteiger partial charge in [0.1, 0.15) is 0 Å². The molecular formula is C14H20N4O. The Labute approximate surface area is 112 Å². The van der Waals surface area contributed by atoms with Gasteiger partial charge < -0.3 is 10.4 Å². The van der Waals surface area contributed by atoms with E-state index in [0.29, 0.717) is 11.9 Å². The van der Waals surface area contributed by atoms with Crippen LogP contribution in [0.1, 0.15) is 31.2 Å². The van der Waals surface area contributed by atoms with Gasteiger partial charge in [-0.2, -0.15) is 4.98 Å². The fraction of sp³-hybridized carbons (Fsp3) is 0.571. The number of aromatic nitrogens is 3. The van der Waals surface area contributed by atoms with Gasteiger partial charge in [0.15, 0.2) is 5.65 Å². The highest BCUT2D eigenvalue weighted by Gasteiger charge is 2.23. The topological polar surface area (TPSA) is 62.5 Å². The van der Waals surface area contributed by atoms with Crippen LogP contribution in [0.2, 0.25) is 0 Å². The molecule has 2 aromatic heterocycles. The maximum Gasteiger partial charge on any atom is 0.243 e. The molecule has 1 aliphatic rings. The van der Waals surface area contributed by atoms with Crippen LogP contribution in [0, 0.1) is 12.8 Å². The van der Waals surface area contributed by atoms with Gasteiger partial charge in [0.25, 0.3) is 0 Å². The lowest BCUT2D eigenvalue weighted by Crippen LogP contribution is -2.30. The first-order chi connectivity index (χ1) is 9.24. The molecule has 1 aliphatic carbocycles. The number of hydrogen-bond donors (Lipinski definition) is 2. The minimum atomic E-state index is -0.181. The second-order valence-electron chi connectivity index (χ2n) is 5.39. The van der Waals surface area contributed by atoms with Crippen molar-refractivity contribution in [3.63, 3.8) is 0 Å². The Balaban J connectivity index is 1.69. The second kappa shape index (κ2) is 5.17. The number of aryl methyl sites for hydroxylation is 1. The molecule has 2 atom stereocenters. The SMILES string of the molecule is Cc1cccn2nc(NCC3CCCCC3O)nc12. The van der Waals surface area contributed by atoms with Gasteiger partial charge in [-0.15, -0.1) is 5.10 Å². The van der Waals surface area contributed by atoms with Crippen LogP contribution in [0.25, 0.3) is 5.65 Å². The van der Waals surface area contributed by atoms with Gasteiger partial charge in [-0.1, -0.05) is 18.9 Å². The summed E-state index contributed by atoms with van der Waals surface area (Å²) in [4.78, 5) is 4.48. The number of nitrogens with zero attached hydrogens (tertiary/aromatic N) is 3. The van der Waals surface area contributed by atoms with Crippen molar-refractivity contribution in [1.29, 1.82) is 0 Å². The average Bonchev–Trinajstić information content (AvgIpc) is 2.82. The molecule has 1 saturated carbocycles. The highest BCUT2D eigenvalue weighted by atomic mass is 16.3. The van der Waals surface area contributed by atoms with E-state index in [-0.39, 0.29) is 6.10 Å². The Morgan fingerprint density at radius 2 is 2.26 bits per heavy atom. The fourth-order valence-electron chi connectivity index (χ4n) is 2.76. The van der Waals surface area contributed by atoms with Crippen molar-refractivity contribution in [2.24, 2.45) is 5.92 Å². The normalized spacial score (nSPS) is 23.7. The van der Waals surface area contributed by atoms with Crippen molar-refractivity contribution in [1.82, 2.24) is 14.6 Å². The van der Waals surface area contributed by atoms with Crippen molar-refractivity contribution in [3.05, 3.63) is 23.9 Å². The zero-order valence-corrected chi connectivity index (χ0v) is 11.2. The van der Waals surface area contributed by atoms with Crippen molar-refractivity contribution >= 4 is 11.6 Å². The maximum absolute atomic E-state index is 9.94. The number of anilines is 1. The van der Waals surface area contributed by atoms with E-state index in [9.17, 15) is 5.11 Å². The fourth-order valence-corrected chi connectivity index (χ4v) is 2.76. The Kier molecular flexibility index (Phi) is 3.38. The summed E-state index contributed by atoms with van der Waals surface area (Å²) in [7, 11) is 0. The van der Waals surface area contributed by atoms with Gasteiger partial charge in [0, 0.05) is 18.7 Å². The van der Waals surface area contributed by atoms with Gasteiger partial charge in [0.2, 0.25) is 5.95 Å². The lowest BCUT2D eigenvalue weighted by molar-refractivity contribution is 0.0762. The molecule has 5 heteroatoms. The molecule has 0 radical (unpaired) electrons. The minimum absolute atomic E-state index is 0.181. The number of hydrogen-bond acceptors (Lipinski definition) is 4. The summed E-state index contributed by atoms with van der Waals surface area (Å²) in [6.45, 7) is 2.77. The first kappa shape index (κ1) is 12.4. The number of pyridine rings is 1. The van der Waals surface area contributed by atoms with Gasteiger partial charge in [-0.3, -0.25) is 0 Å². The molecule has 0 spiro atoms. The molecule has 2 unspecified atom stereocenters. The summed E-state index contributed by atoms with van der Waals surface area (Å²) in [6.07, 6.45) is 6.07. The monoisotopic (exact) mass is 260 g/mol. The summed E-state index contributed by atoms with van der Waals surface area (Å²) in [6, 6.07) is 3.99. The smallest absolute Gasteiger partial charge is 0.243 e. The molecule has 2 N–H and O–H groups in total. The quantitative estimate of drug-likeness (QED) is 0.886. The lowest BCUT2D eigenvalue weighted by atomic mass is 9.86. The van der Waals surface area contributed by atoms with E-state index < -0.39 is 0 Å². The molecule has 1 fully saturated rings. The van der Waals surface area contributed by atoms with Crippen molar-refractivity contribution in [2.45, 2.75) is 38.7 Å². The Bertz CT molecular complexity index is 566. The Morgan fingerprint density at radius 3 is 3.05 bits per heavy atom. The van der Waals surface area contributed by atoms with Crippen LogP contribution in [-0.2, 0) is 0 Å². The van der Waals surface area contributed by atoms with Crippen LogP contribution < -0.4 is 5.32 Å². The molecule has 0 saturated heterocycles. The van der Waals surface area contributed by atoms with Crippen LogP contribution in [0.5, 0.6) is 0 Å². The number of fused-ring (bicyclic) bond motifs is 1. The van der Waals surface area contributed by atoms with Crippen LogP contribution in [-0.4, -0.2) is 32.4 Å². The van der Waals surface area contributed by atoms with Crippen LogP contribution >= 0.6 is 0 Å². The summed E-state index contributed by atoms with van der Waals surface area (Å²) < 4.78 is 1.79. The highest BCUT2D eigenvalue weighted by molar-refractivity contribution is 5.49. The summed E-state index contributed by atoms with van der Waals surface area (Å²) in [5.74, 6) is 0.966. The highest BCUT2D eigenvalue weighted by Crippen LogP contribution is 2.24. The standard InChI is InChI=1S/C14H20N4O/c1-10-5-4-8-18-13(10)16-14(17-18)15-9-11-6-2-3-7-12(11)19/h4-5,8,11-12,19H,2-3,6-7,9H2,1H3,(H,15,17). The molecule has 102 valence electrons. The van der Waals surface area contributed by atoms with E-state index in [1.165, 1.54) is 6.42 Å². The summed E-state index contributed by atoms with van der Waals surface area (Å²) >= 11 is 0. The molecule has 3 rings (SSSR count). The van der Waals surface area contributed by atoms with Crippen molar-refractivity contribution in [3.8, 4) is 0 Å².